The Balaban J connectivity index is 1.30. The van der Waals surface area contributed by atoms with Crippen molar-refractivity contribution >= 4 is 34.4 Å². The number of halogens is 3. The molecule has 4 heterocycles. The number of aromatic nitrogens is 4. The molecule has 1 amide bonds. The second-order valence-electron chi connectivity index (χ2n) is 9.03. The molecule has 0 spiro atoms. The van der Waals surface area contributed by atoms with Gasteiger partial charge in [-0.05, 0) is 43.9 Å². The van der Waals surface area contributed by atoms with Crippen molar-refractivity contribution in [1.29, 1.82) is 0 Å². The van der Waals surface area contributed by atoms with Crippen LogP contribution in [-0.4, -0.2) is 57.5 Å². The number of fused-ring (bicyclic) bond motifs is 2. The minimum Gasteiger partial charge on any atom is -0.352 e. The summed E-state index contributed by atoms with van der Waals surface area (Å²) in [4.78, 5) is 19.1. The molecule has 3 aromatic rings. The molecule has 0 bridgehead atoms. The van der Waals surface area contributed by atoms with Crippen LogP contribution in [0.3, 0.4) is 0 Å². The molecule has 1 aliphatic carbocycles. The van der Waals surface area contributed by atoms with Gasteiger partial charge in [0.2, 0.25) is 0 Å². The Morgan fingerprint density at radius 2 is 2.15 bits per heavy atom. The Labute approximate surface area is 200 Å². The standard InChI is InChI=1S/C23H26ClF2N7O/c1-2-32-10-16(24)15-7-20(30-31-21(15)32)23(34)28-14-3-4-19-12(5-14)6-17(26)22(29-19)33-9-13(8-25)18(27)11-33/h6-7,10,13-14,18H,2-5,8-9,11,27H2,1H3,(H,28,34). The highest BCUT2D eigenvalue weighted by Gasteiger charge is 2.33. The van der Waals surface area contributed by atoms with Crippen LogP contribution in [0.1, 0.15) is 35.1 Å². The summed E-state index contributed by atoms with van der Waals surface area (Å²) in [6, 6.07) is 2.60. The van der Waals surface area contributed by atoms with E-state index in [0.717, 1.165) is 11.3 Å². The van der Waals surface area contributed by atoms with Crippen LogP contribution in [0.5, 0.6) is 0 Å². The highest BCUT2D eigenvalue weighted by molar-refractivity contribution is 6.35. The fraction of sp³-hybridized carbons (Fsp3) is 0.478. The van der Waals surface area contributed by atoms with Crippen molar-refractivity contribution < 1.29 is 13.6 Å². The van der Waals surface area contributed by atoms with E-state index in [9.17, 15) is 13.6 Å². The third-order valence-corrected chi connectivity index (χ3v) is 7.09. The van der Waals surface area contributed by atoms with Gasteiger partial charge in [-0.2, -0.15) is 0 Å². The van der Waals surface area contributed by atoms with Gasteiger partial charge >= 0.3 is 0 Å². The molecule has 3 N–H and O–H groups in total. The normalized spacial score (nSPS) is 22.3. The number of amides is 1. The first-order chi connectivity index (χ1) is 16.4. The molecule has 1 fully saturated rings. The monoisotopic (exact) mass is 489 g/mol. The number of carbonyl (C=O) groups is 1. The lowest BCUT2D eigenvalue weighted by Crippen LogP contribution is -2.39. The van der Waals surface area contributed by atoms with Crippen molar-refractivity contribution in [2.75, 3.05) is 24.7 Å². The van der Waals surface area contributed by atoms with E-state index >= 15 is 0 Å². The number of hydrogen-bond donors (Lipinski definition) is 2. The van der Waals surface area contributed by atoms with Gasteiger partial charge in [-0.15, -0.1) is 10.2 Å². The number of carbonyl (C=O) groups excluding carboxylic acids is 1. The highest BCUT2D eigenvalue weighted by atomic mass is 35.5. The van der Waals surface area contributed by atoms with Gasteiger partial charge in [0.1, 0.15) is 0 Å². The Kier molecular flexibility index (Phi) is 6.11. The zero-order valence-corrected chi connectivity index (χ0v) is 19.5. The highest BCUT2D eigenvalue weighted by Crippen LogP contribution is 2.30. The maximum Gasteiger partial charge on any atom is 0.272 e. The van der Waals surface area contributed by atoms with Gasteiger partial charge in [-0.25, -0.2) is 9.37 Å². The first-order valence-electron chi connectivity index (χ1n) is 11.5. The van der Waals surface area contributed by atoms with Crippen molar-refractivity contribution in [1.82, 2.24) is 25.1 Å². The van der Waals surface area contributed by atoms with Crippen LogP contribution in [-0.2, 0) is 19.4 Å². The number of hydrogen-bond acceptors (Lipinski definition) is 6. The van der Waals surface area contributed by atoms with Gasteiger partial charge in [0.25, 0.3) is 5.91 Å². The second kappa shape index (κ2) is 9.07. The topological polar surface area (TPSA) is 102 Å². The summed E-state index contributed by atoms with van der Waals surface area (Å²) in [6.07, 6.45) is 3.48. The third-order valence-electron chi connectivity index (χ3n) is 6.79. The van der Waals surface area contributed by atoms with Crippen LogP contribution < -0.4 is 16.0 Å². The zero-order chi connectivity index (χ0) is 24.0. The summed E-state index contributed by atoms with van der Waals surface area (Å²) in [5.74, 6) is -0.887. The molecule has 2 aliphatic rings. The van der Waals surface area contributed by atoms with E-state index in [2.05, 4.69) is 20.5 Å². The lowest BCUT2D eigenvalue weighted by atomic mass is 9.91. The minimum atomic E-state index is -0.528. The van der Waals surface area contributed by atoms with E-state index in [0.29, 0.717) is 55.0 Å². The largest absolute Gasteiger partial charge is 0.352 e. The van der Waals surface area contributed by atoms with Crippen molar-refractivity contribution in [3.05, 3.63) is 46.1 Å². The Morgan fingerprint density at radius 3 is 2.88 bits per heavy atom. The molecule has 3 atom stereocenters. The number of nitrogens with zero attached hydrogens (tertiary/aromatic N) is 5. The SMILES string of the molecule is CCn1cc(Cl)c2cc(C(=O)NC3CCc4nc(N5CC(N)C(CF)C5)c(F)cc4C3)nnc21. The summed E-state index contributed by atoms with van der Waals surface area (Å²) >= 11 is 6.29. The summed E-state index contributed by atoms with van der Waals surface area (Å²) in [7, 11) is 0. The van der Waals surface area contributed by atoms with Gasteiger partial charge in [0.05, 0.1) is 11.7 Å². The average Bonchev–Trinajstić information content (AvgIpc) is 3.37. The predicted molar refractivity (Wildman–Crippen MR) is 125 cm³/mol. The minimum absolute atomic E-state index is 0.182. The van der Waals surface area contributed by atoms with E-state index in [1.165, 1.54) is 6.07 Å². The maximum absolute atomic E-state index is 14.9. The Bertz CT molecular complexity index is 1250. The van der Waals surface area contributed by atoms with Crippen LogP contribution in [0.15, 0.2) is 18.3 Å². The fourth-order valence-electron chi connectivity index (χ4n) is 4.86. The van der Waals surface area contributed by atoms with Crippen molar-refractivity contribution in [2.24, 2.45) is 11.7 Å². The van der Waals surface area contributed by atoms with E-state index in [-0.39, 0.29) is 35.4 Å². The second-order valence-corrected chi connectivity index (χ2v) is 9.43. The maximum atomic E-state index is 14.9. The van der Waals surface area contributed by atoms with Gasteiger partial charge in [0, 0.05) is 54.9 Å². The fourth-order valence-corrected chi connectivity index (χ4v) is 5.11. The lowest BCUT2D eigenvalue weighted by molar-refractivity contribution is 0.0927. The molecule has 3 aromatic heterocycles. The lowest BCUT2D eigenvalue weighted by Gasteiger charge is -2.27. The summed E-state index contributed by atoms with van der Waals surface area (Å²) in [6.45, 7) is 2.88. The van der Waals surface area contributed by atoms with Gasteiger partial charge in [-0.1, -0.05) is 11.6 Å². The molecule has 11 heteroatoms. The molecule has 3 unspecified atom stereocenters. The molecule has 180 valence electrons. The molecule has 1 aliphatic heterocycles. The van der Waals surface area contributed by atoms with Crippen LogP contribution in [0.2, 0.25) is 5.02 Å². The molecule has 0 aromatic carbocycles. The predicted octanol–water partition coefficient (Wildman–Crippen LogP) is 2.66. The molecular weight excluding hydrogens is 464 g/mol. The number of rotatable bonds is 5. The van der Waals surface area contributed by atoms with Crippen LogP contribution in [0, 0.1) is 11.7 Å². The molecular formula is C23H26ClF2N7O. The molecule has 0 radical (unpaired) electrons. The van der Waals surface area contributed by atoms with E-state index in [1.807, 2.05) is 11.5 Å². The van der Waals surface area contributed by atoms with Crippen molar-refractivity contribution in [3.63, 3.8) is 0 Å². The summed E-state index contributed by atoms with van der Waals surface area (Å²) < 4.78 is 29.9. The van der Waals surface area contributed by atoms with Gasteiger partial charge in [0.15, 0.2) is 23.0 Å². The number of anilines is 1. The van der Waals surface area contributed by atoms with Gasteiger partial charge in [-0.3, -0.25) is 9.18 Å². The zero-order valence-electron chi connectivity index (χ0n) is 18.8. The van der Waals surface area contributed by atoms with E-state index in [4.69, 9.17) is 17.3 Å². The van der Waals surface area contributed by atoms with Crippen LogP contribution >= 0.6 is 11.6 Å². The number of nitrogens with one attached hydrogen (secondary N) is 1. The molecule has 5 rings (SSSR count). The summed E-state index contributed by atoms with van der Waals surface area (Å²) in [5.41, 5.74) is 8.34. The Hall–Kier alpha value is -2.85. The van der Waals surface area contributed by atoms with Crippen molar-refractivity contribution in [2.45, 2.75) is 44.8 Å². The molecule has 1 saturated heterocycles. The van der Waals surface area contributed by atoms with E-state index in [1.54, 1.807) is 17.2 Å². The molecule has 0 saturated carbocycles. The number of pyridine rings is 1. The number of alkyl halides is 1. The van der Waals surface area contributed by atoms with Gasteiger partial charge < -0.3 is 20.5 Å². The van der Waals surface area contributed by atoms with Crippen molar-refractivity contribution in [3.8, 4) is 0 Å². The third kappa shape index (κ3) is 4.09. The first kappa shape index (κ1) is 22.9. The first-order valence-corrected chi connectivity index (χ1v) is 11.8. The quantitative estimate of drug-likeness (QED) is 0.571. The molecule has 8 nitrogen and oxygen atoms in total. The smallest absolute Gasteiger partial charge is 0.272 e. The molecule has 34 heavy (non-hydrogen) atoms. The average molecular weight is 490 g/mol. The number of nitrogens with two attached hydrogens (primary N) is 1. The Morgan fingerprint density at radius 1 is 1.32 bits per heavy atom. The number of aryl methyl sites for hydroxylation is 2. The summed E-state index contributed by atoms with van der Waals surface area (Å²) in [5, 5.41) is 12.4. The van der Waals surface area contributed by atoms with E-state index < -0.39 is 12.5 Å². The van der Waals surface area contributed by atoms with Crippen LogP contribution in [0.25, 0.3) is 11.0 Å². The van der Waals surface area contributed by atoms with Crippen LogP contribution in [0.4, 0.5) is 14.6 Å².